The van der Waals surface area contributed by atoms with Gasteiger partial charge in [-0.2, -0.15) is 10.1 Å². The lowest BCUT2D eigenvalue weighted by Crippen LogP contribution is -2.09. The van der Waals surface area contributed by atoms with Crippen LogP contribution in [0, 0.1) is 21.7 Å². The molecule has 0 amide bonds. The molecule has 8 nitrogen and oxygen atoms in total. The van der Waals surface area contributed by atoms with Crippen LogP contribution in [0.1, 0.15) is 11.3 Å². The topological polar surface area (TPSA) is 113 Å². The molecule has 11 heteroatoms. The lowest BCUT2D eigenvalue weighted by molar-refractivity contribution is -0.385. The van der Waals surface area contributed by atoms with Crippen LogP contribution in [0.2, 0.25) is 0 Å². The van der Waals surface area contributed by atoms with Crippen LogP contribution < -0.4 is 5.73 Å². The van der Waals surface area contributed by atoms with E-state index in [2.05, 4.69) is 37.7 Å². The smallest absolute Gasteiger partial charge is 0.275 e. The van der Waals surface area contributed by atoms with Crippen LogP contribution in [0.15, 0.2) is 18.3 Å². The second-order valence-electron chi connectivity index (χ2n) is 4.85. The maximum Gasteiger partial charge on any atom is 0.275 e. The first kappa shape index (κ1) is 16.4. The van der Waals surface area contributed by atoms with E-state index in [9.17, 15) is 18.9 Å². The van der Waals surface area contributed by atoms with Crippen LogP contribution in [0.4, 0.5) is 20.4 Å². The van der Waals surface area contributed by atoms with Gasteiger partial charge in [-0.15, -0.1) is 0 Å². The number of benzene rings is 1. The molecule has 0 saturated carbocycles. The minimum absolute atomic E-state index is 0.0283. The van der Waals surface area contributed by atoms with Crippen molar-refractivity contribution in [3.8, 4) is 0 Å². The van der Waals surface area contributed by atoms with E-state index in [0.29, 0.717) is 33.3 Å². The molecule has 3 aromatic rings. The number of anilines is 1. The molecule has 2 heterocycles. The standard InChI is InChI=1S/C13H9F2IN6O2/c14-9-1-6(22(23)24)2-10(15)8(9)5-21-12-7(4-18-21)11(3-16)19-13(17)20-12/h1-2,4H,3,5H2,(H2,17,19,20). The Kier molecular flexibility index (Phi) is 4.26. The summed E-state index contributed by atoms with van der Waals surface area (Å²) in [5.74, 6) is -2.02. The van der Waals surface area contributed by atoms with Gasteiger partial charge in [-0.05, 0) is 0 Å². The molecule has 0 aliphatic heterocycles. The average Bonchev–Trinajstić information content (AvgIpc) is 2.92. The summed E-state index contributed by atoms with van der Waals surface area (Å²) in [6.45, 7) is -0.281. The summed E-state index contributed by atoms with van der Waals surface area (Å²) >= 11 is 2.10. The van der Waals surface area contributed by atoms with Crippen molar-refractivity contribution >= 4 is 45.3 Å². The molecule has 0 atom stereocenters. The van der Waals surface area contributed by atoms with E-state index in [1.54, 1.807) is 0 Å². The Balaban J connectivity index is 2.08. The maximum absolute atomic E-state index is 14.0. The zero-order chi connectivity index (χ0) is 17.4. The fourth-order valence-corrected chi connectivity index (χ4v) is 2.83. The molecule has 24 heavy (non-hydrogen) atoms. The summed E-state index contributed by atoms with van der Waals surface area (Å²) in [6.07, 6.45) is 1.49. The number of rotatable bonds is 4. The summed E-state index contributed by atoms with van der Waals surface area (Å²) < 4.78 is 29.9. The number of hydrogen-bond acceptors (Lipinski definition) is 6. The van der Waals surface area contributed by atoms with Crippen molar-refractivity contribution in [1.82, 2.24) is 19.7 Å². The Morgan fingerprint density at radius 2 is 1.96 bits per heavy atom. The van der Waals surface area contributed by atoms with E-state index in [-0.39, 0.29) is 18.1 Å². The summed E-state index contributed by atoms with van der Waals surface area (Å²) in [7, 11) is 0. The van der Waals surface area contributed by atoms with Crippen molar-refractivity contribution < 1.29 is 13.7 Å². The molecule has 0 bridgehead atoms. The van der Waals surface area contributed by atoms with E-state index in [4.69, 9.17) is 5.73 Å². The number of nitro benzene ring substituents is 1. The number of fused-ring (bicyclic) bond motifs is 1. The van der Waals surface area contributed by atoms with Crippen LogP contribution in [0.25, 0.3) is 11.0 Å². The predicted molar refractivity (Wildman–Crippen MR) is 89.6 cm³/mol. The average molecular weight is 446 g/mol. The third-order valence-electron chi connectivity index (χ3n) is 3.36. The van der Waals surface area contributed by atoms with Crippen LogP contribution in [-0.4, -0.2) is 24.7 Å². The quantitative estimate of drug-likeness (QED) is 0.285. The van der Waals surface area contributed by atoms with Crippen molar-refractivity contribution in [3.63, 3.8) is 0 Å². The van der Waals surface area contributed by atoms with Gasteiger partial charge in [0.1, 0.15) is 11.6 Å². The maximum atomic E-state index is 14.0. The number of nitrogen functional groups attached to an aromatic ring is 1. The molecular formula is C13H9F2IN6O2. The number of nitro groups is 1. The molecule has 124 valence electrons. The molecule has 2 N–H and O–H groups in total. The van der Waals surface area contributed by atoms with Crippen molar-refractivity contribution in [3.05, 3.63) is 51.3 Å². The van der Waals surface area contributed by atoms with Gasteiger partial charge in [-0.25, -0.2) is 18.4 Å². The summed E-state index contributed by atoms with van der Waals surface area (Å²) in [5.41, 5.74) is 5.64. The zero-order valence-electron chi connectivity index (χ0n) is 11.9. The summed E-state index contributed by atoms with van der Waals surface area (Å²) in [4.78, 5) is 17.9. The van der Waals surface area contributed by atoms with Gasteiger partial charge in [0.05, 0.1) is 40.9 Å². The van der Waals surface area contributed by atoms with Gasteiger partial charge in [-0.3, -0.25) is 10.1 Å². The van der Waals surface area contributed by atoms with Crippen molar-refractivity contribution in [1.29, 1.82) is 0 Å². The largest absolute Gasteiger partial charge is 0.368 e. The number of halogens is 3. The fraction of sp³-hybridized carbons (Fsp3) is 0.154. The van der Waals surface area contributed by atoms with Crippen molar-refractivity contribution in [2.45, 2.75) is 11.0 Å². The molecule has 0 aliphatic rings. The van der Waals surface area contributed by atoms with Gasteiger partial charge in [0.15, 0.2) is 5.65 Å². The van der Waals surface area contributed by atoms with E-state index < -0.39 is 22.2 Å². The number of hydrogen-bond donors (Lipinski definition) is 1. The Morgan fingerprint density at radius 3 is 2.54 bits per heavy atom. The molecule has 2 aromatic heterocycles. The highest BCUT2D eigenvalue weighted by molar-refractivity contribution is 14.1. The second-order valence-corrected chi connectivity index (χ2v) is 5.61. The molecule has 1 aromatic carbocycles. The van der Waals surface area contributed by atoms with Crippen LogP contribution in [0.3, 0.4) is 0 Å². The zero-order valence-corrected chi connectivity index (χ0v) is 14.1. The van der Waals surface area contributed by atoms with Gasteiger partial charge in [0, 0.05) is 9.99 Å². The van der Waals surface area contributed by atoms with E-state index in [1.165, 1.54) is 10.9 Å². The highest BCUT2D eigenvalue weighted by Crippen LogP contribution is 2.24. The summed E-state index contributed by atoms with van der Waals surface area (Å²) in [6, 6.07) is 1.34. The molecular weight excluding hydrogens is 437 g/mol. The Hall–Kier alpha value is -2.44. The minimum atomic E-state index is -1.03. The molecule has 0 saturated heterocycles. The highest BCUT2D eigenvalue weighted by atomic mass is 127. The van der Waals surface area contributed by atoms with Crippen molar-refractivity contribution in [2.24, 2.45) is 0 Å². The summed E-state index contributed by atoms with van der Waals surface area (Å²) in [5, 5.41) is 15.3. The van der Waals surface area contributed by atoms with Gasteiger partial charge in [0.2, 0.25) is 5.95 Å². The molecule has 0 unspecified atom stereocenters. The van der Waals surface area contributed by atoms with Gasteiger partial charge < -0.3 is 5.73 Å². The normalized spacial score (nSPS) is 11.1. The minimum Gasteiger partial charge on any atom is -0.368 e. The number of nitrogens with two attached hydrogens (primary N) is 1. The highest BCUT2D eigenvalue weighted by Gasteiger charge is 2.19. The molecule has 0 radical (unpaired) electrons. The monoisotopic (exact) mass is 446 g/mol. The number of non-ortho nitro benzene ring substituents is 1. The van der Waals surface area contributed by atoms with Gasteiger partial charge >= 0.3 is 0 Å². The van der Waals surface area contributed by atoms with E-state index in [1.807, 2.05) is 0 Å². The number of alkyl halides is 1. The van der Waals surface area contributed by atoms with Gasteiger partial charge in [0.25, 0.3) is 5.69 Å². The molecule has 0 aliphatic carbocycles. The van der Waals surface area contributed by atoms with Crippen molar-refractivity contribution in [2.75, 3.05) is 5.73 Å². The van der Waals surface area contributed by atoms with Gasteiger partial charge in [-0.1, -0.05) is 22.6 Å². The number of aromatic nitrogens is 4. The van der Waals surface area contributed by atoms with E-state index in [0.717, 1.165) is 0 Å². The SMILES string of the molecule is Nc1nc(CI)c2cnn(Cc3c(F)cc([N+](=O)[O-])cc3F)c2n1. The van der Waals surface area contributed by atoms with Crippen LogP contribution in [-0.2, 0) is 11.0 Å². The Bertz CT molecular complexity index is 938. The van der Waals surface area contributed by atoms with Crippen LogP contribution >= 0.6 is 22.6 Å². The number of nitrogens with zero attached hydrogens (tertiary/aromatic N) is 5. The first-order valence-corrected chi connectivity index (χ1v) is 8.09. The Morgan fingerprint density at radius 1 is 1.29 bits per heavy atom. The first-order chi connectivity index (χ1) is 11.4. The lowest BCUT2D eigenvalue weighted by atomic mass is 10.1. The van der Waals surface area contributed by atoms with Crippen LogP contribution in [0.5, 0.6) is 0 Å². The molecule has 0 spiro atoms. The third kappa shape index (κ3) is 2.86. The predicted octanol–water partition coefficient (Wildman–Crippen LogP) is 2.58. The molecule has 3 rings (SSSR count). The lowest BCUT2D eigenvalue weighted by Gasteiger charge is -2.07. The third-order valence-corrected chi connectivity index (χ3v) is 4.09. The first-order valence-electron chi connectivity index (χ1n) is 6.57. The van der Waals surface area contributed by atoms with E-state index >= 15 is 0 Å². The molecule has 0 fully saturated rings. The second kappa shape index (κ2) is 6.22. The fourth-order valence-electron chi connectivity index (χ4n) is 2.25. The Labute approximate surface area is 147 Å².